The second-order valence-corrected chi connectivity index (χ2v) is 3.02. The molecule has 1 amide bonds. The maximum atomic E-state index is 11.5. The smallest absolute Gasteiger partial charge is 0.277 e. The van der Waals surface area contributed by atoms with E-state index in [0.717, 1.165) is 5.69 Å². The van der Waals surface area contributed by atoms with Crippen molar-refractivity contribution in [3.63, 3.8) is 0 Å². The van der Waals surface area contributed by atoms with Crippen molar-refractivity contribution >= 4 is 11.6 Å². The molecule has 1 N–H and O–H groups in total. The lowest BCUT2D eigenvalue weighted by molar-refractivity contribution is 0.102. The Morgan fingerprint density at radius 3 is 2.87 bits per heavy atom. The van der Waals surface area contributed by atoms with E-state index < -0.39 is 0 Å². The average molecular weight is 203 g/mol. The molecule has 0 saturated carbocycles. The van der Waals surface area contributed by atoms with Gasteiger partial charge in [0.1, 0.15) is 6.26 Å². The fourth-order valence-electron chi connectivity index (χ4n) is 1.06. The fourth-order valence-corrected chi connectivity index (χ4v) is 1.06. The topological polar surface area (TPSA) is 68.0 Å². The first-order valence-corrected chi connectivity index (χ1v) is 4.38. The van der Waals surface area contributed by atoms with Gasteiger partial charge >= 0.3 is 0 Å². The first-order chi connectivity index (χ1) is 7.25. The van der Waals surface area contributed by atoms with E-state index in [1.165, 1.54) is 12.7 Å². The zero-order valence-electron chi connectivity index (χ0n) is 8.10. The van der Waals surface area contributed by atoms with Gasteiger partial charge in [0, 0.05) is 5.69 Å². The van der Waals surface area contributed by atoms with Gasteiger partial charge in [-0.15, -0.1) is 0 Å². The van der Waals surface area contributed by atoms with E-state index in [1.807, 2.05) is 13.0 Å². The number of nitrogens with zero attached hydrogens (tertiary/aromatic N) is 2. The van der Waals surface area contributed by atoms with Gasteiger partial charge in [0.15, 0.2) is 12.1 Å². The van der Waals surface area contributed by atoms with Crippen LogP contribution in [-0.4, -0.2) is 15.9 Å². The number of oxazole rings is 1. The van der Waals surface area contributed by atoms with Crippen LogP contribution >= 0.6 is 0 Å². The summed E-state index contributed by atoms with van der Waals surface area (Å²) in [6, 6.07) is 3.60. The molecular weight excluding hydrogens is 194 g/mol. The summed E-state index contributed by atoms with van der Waals surface area (Å²) in [6.45, 7) is 1.88. The van der Waals surface area contributed by atoms with E-state index in [4.69, 9.17) is 4.42 Å². The van der Waals surface area contributed by atoms with Gasteiger partial charge in [0.25, 0.3) is 5.91 Å². The van der Waals surface area contributed by atoms with Gasteiger partial charge in [0.2, 0.25) is 0 Å². The average Bonchev–Trinajstić information content (AvgIpc) is 2.74. The van der Waals surface area contributed by atoms with Crippen LogP contribution in [-0.2, 0) is 0 Å². The summed E-state index contributed by atoms with van der Waals surface area (Å²) in [5.41, 5.74) is 1.78. The molecule has 0 unspecified atom stereocenters. The van der Waals surface area contributed by atoms with Crippen molar-refractivity contribution in [2.75, 3.05) is 5.32 Å². The van der Waals surface area contributed by atoms with Gasteiger partial charge < -0.3 is 9.73 Å². The highest BCUT2D eigenvalue weighted by Crippen LogP contribution is 2.07. The van der Waals surface area contributed by atoms with Crippen molar-refractivity contribution in [3.8, 4) is 0 Å². The van der Waals surface area contributed by atoms with Gasteiger partial charge in [-0.2, -0.15) is 0 Å². The Labute approximate surface area is 86.2 Å². The minimum atomic E-state index is -0.311. The lowest BCUT2D eigenvalue weighted by Crippen LogP contribution is -2.12. The van der Waals surface area contributed by atoms with E-state index in [-0.39, 0.29) is 11.6 Å². The molecule has 0 radical (unpaired) electrons. The molecule has 5 heteroatoms. The molecule has 0 aromatic carbocycles. The number of anilines is 1. The van der Waals surface area contributed by atoms with Crippen molar-refractivity contribution in [2.24, 2.45) is 0 Å². The number of hydrogen-bond donors (Lipinski definition) is 1. The number of carbonyl (C=O) groups excluding carboxylic acids is 1. The Morgan fingerprint density at radius 2 is 2.27 bits per heavy atom. The number of aromatic nitrogens is 2. The Hall–Kier alpha value is -2.17. The number of hydrogen-bond acceptors (Lipinski definition) is 4. The zero-order valence-corrected chi connectivity index (χ0v) is 8.10. The van der Waals surface area contributed by atoms with Crippen molar-refractivity contribution in [1.82, 2.24) is 9.97 Å². The Balaban J connectivity index is 2.09. The molecule has 15 heavy (non-hydrogen) atoms. The monoisotopic (exact) mass is 203 g/mol. The lowest BCUT2D eigenvalue weighted by atomic mass is 10.3. The second-order valence-electron chi connectivity index (χ2n) is 3.02. The lowest BCUT2D eigenvalue weighted by Gasteiger charge is -2.01. The first-order valence-electron chi connectivity index (χ1n) is 4.38. The Kier molecular flexibility index (Phi) is 2.45. The Bertz CT molecular complexity index is 448. The molecule has 0 spiro atoms. The van der Waals surface area contributed by atoms with Crippen molar-refractivity contribution in [2.45, 2.75) is 6.92 Å². The van der Waals surface area contributed by atoms with Gasteiger partial charge in [-0.25, -0.2) is 4.98 Å². The quantitative estimate of drug-likeness (QED) is 0.805. The summed E-state index contributed by atoms with van der Waals surface area (Å²) in [6.07, 6.45) is 4.09. The van der Waals surface area contributed by atoms with Crippen molar-refractivity contribution in [3.05, 3.63) is 42.4 Å². The standard InChI is InChI=1S/C10H9N3O2/c1-7-2-3-8(4-11-7)13-10(14)9-5-15-6-12-9/h2-6H,1H3,(H,13,14). The highest BCUT2D eigenvalue weighted by Gasteiger charge is 2.08. The number of aryl methyl sites for hydroxylation is 1. The van der Waals surface area contributed by atoms with E-state index in [1.54, 1.807) is 12.3 Å². The summed E-state index contributed by atoms with van der Waals surface area (Å²) in [4.78, 5) is 19.3. The molecule has 0 atom stereocenters. The first kappa shape index (κ1) is 9.39. The summed E-state index contributed by atoms with van der Waals surface area (Å²) in [5, 5.41) is 2.65. The highest BCUT2D eigenvalue weighted by atomic mass is 16.3. The normalized spacial score (nSPS) is 9.93. The molecule has 5 nitrogen and oxygen atoms in total. The number of amides is 1. The number of carbonyl (C=O) groups is 1. The summed E-state index contributed by atoms with van der Waals surface area (Å²) < 4.78 is 4.70. The third-order valence-electron chi connectivity index (χ3n) is 1.83. The summed E-state index contributed by atoms with van der Waals surface area (Å²) >= 11 is 0. The van der Waals surface area contributed by atoms with Crippen LogP contribution in [0.25, 0.3) is 0 Å². The summed E-state index contributed by atoms with van der Waals surface area (Å²) in [7, 11) is 0. The van der Waals surface area contributed by atoms with Gasteiger partial charge in [-0.3, -0.25) is 9.78 Å². The van der Waals surface area contributed by atoms with E-state index in [0.29, 0.717) is 5.69 Å². The van der Waals surface area contributed by atoms with Crippen LogP contribution in [0.4, 0.5) is 5.69 Å². The minimum absolute atomic E-state index is 0.246. The van der Waals surface area contributed by atoms with E-state index >= 15 is 0 Å². The maximum Gasteiger partial charge on any atom is 0.277 e. The van der Waals surface area contributed by atoms with Crippen LogP contribution < -0.4 is 5.32 Å². The number of nitrogens with one attached hydrogen (secondary N) is 1. The van der Waals surface area contributed by atoms with Gasteiger partial charge in [0.05, 0.1) is 11.9 Å². The van der Waals surface area contributed by atoms with Crippen LogP contribution in [0.1, 0.15) is 16.2 Å². The molecule has 2 rings (SSSR count). The second kappa shape index (κ2) is 3.91. The van der Waals surface area contributed by atoms with Crippen LogP contribution in [0.5, 0.6) is 0 Å². The third-order valence-corrected chi connectivity index (χ3v) is 1.83. The fraction of sp³-hybridized carbons (Fsp3) is 0.100. The van der Waals surface area contributed by atoms with Crippen molar-refractivity contribution < 1.29 is 9.21 Å². The van der Waals surface area contributed by atoms with Crippen LogP contribution in [0.2, 0.25) is 0 Å². The minimum Gasteiger partial charge on any atom is -0.451 e. The number of rotatable bonds is 2. The molecule has 0 aliphatic heterocycles. The molecule has 0 aliphatic rings. The molecule has 2 heterocycles. The van der Waals surface area contributed by atoms with E-state index in [2.05, 4.69) is 15.3 Å². The molecule has 0 bridgehead atoms. The van der Waals surface area contributed by atoms with Crippen LogP contribution in [0.15, 0.2) is 35.4 Å². The predicted molar refractivity (Wildman–Crippen MR) is 53.4 cm³/mol. The highest BCUT2D eigenvalue weighted by molar-refractivity contribution is 6.02. The van der Waals surface area contributed by atoms with Gasteiger partial charge in [-0.1, -0.05) is 0 Å². The molecule has 2 aromatic rings. The molecular formula is C10H9N3O2. The maximum absolute atomic E-state index is 11.5. The predicted octanol–water partition coefficient (Wildman–Crippen LogP) is 1.63. The van der Waals surface area contributed by atoms with Gasteiger partial charge in [-0.05, 0) is 19.1 Å². The van der Waals surface area contributed by atoms with Crippen LogP contribution in [0.3, 0.4) is 0 Å². The third kappa shape index (κ3) is 2.19. The SMILES string of the molecule is Cc1ccc(NC(=O)c2cocn2)cn1. The molecule has 0 saturated heterocycles. The largest absolute Gasteiger partial charge is 0.451 e. The Morgan fingerprint density at radius 1 is 1.40 bits per heavy atom. The molecule has 2 aromatic heterocycles. The zero-order chi connectivity index (χ0) is 10.7. The molecule has 76 valence electrons. The summed E-state index contributed by atoms with van der Waals surface area (Å²) in [5.74, 6) is -0.311. The van der Waals surface area contributed by atoms with Crippen molar-refractivity contribution in [1.29, 1.82) is 0 Å². The number of pyridine rings is 1. The van der Waals surface area contributed by atoms with Crippen LogP contribution in [0, 0.1) is 6.92 Å². The molecule has 0 fully saturated rings. The van der Waals surface area contributed by atoms with E-state index in [9.17, 15) is 4.79 Å². The molecule has 0 aliphatic carbocycles.